The van der Waals surface area contributed by atoms with Crippen LogP contribution in [0.3, 0.4) is 0 Å². The number of nitrogens with one attached hydrogen (secondary N) is 1. The van der Waals surface area contributed by atoms with Crippen molar-refractivity contribution in [1.82, 2.24) is 14.9 Å². The number of aromatic nitrogens is 2. The summed E-state index contributed by atoms with van der Waals surface area (Å²) >= 11 is 0. The van der Waals surface area contributed by atoms with Crippen LogP contribution in [-0.4, -0.2) is 41.5 Å². The lowest BCUT2D eigenvalue weighted by Crippen LogP contribution is -2.35. The van der Waals surface area contributed by atoms with Gasteiger partial charge in [0, 0.05) is 18.0 Å². The van der Waals surface area contributed by atoms with Crippen LogP contribution in [0.1, 0.15) is 20.3 Å². The number of anilines is 1. The molecule has 0 fully saturated rings. The van der Waals surface area contributed by atoms with Gasteiger partial charge in [-0.2, -0.15) is 0 Å². The van der Waals surface area contributed by atoms with E-state index in [9.17, 15) is 0 Å². The summed E-state index contributed by atoms with van der Waals surface area (Å²) in [5.41, 5.74) is 0.982. The van der Waals surface area contributed by atoms with Gasteiger partial charge in [-0.3, -0.25) is 0 Å². The molecule has 0 aliphatic carbocycles. The molecule has 20 heavy (non-hydrogen) atoms. The normalized spacial score (nSPS) is 13.1. The number of hydrogen-bond donors (Lipinski definition) is 1. The van der Waals surface area contributed by atoms with E-state index in [2.05, 4.69) is 54.2 Å². The van der Waals surface area contributed by atoms with E-state index in [1.165, 1.54) is 6.42 Å². The molecule has 0 saturated heterocycles. The molecular weight excluding hydrogens is 248 g/mol. The molecular formula is C16H24N4. The van der Waals surface area contributed by atoms with Crippen LogP contribution in [0.4, 0.5) is 5.82 Å². The van der Waals surface area contributed by atoms with E-state index in [0.29, 0.717) is 12.0 Å². The summed E-state index contributed by atoms with van der Waals surface area (Å²) in [5.74, 6) is 1.61. The lowest BCUT2D eigenvalue weighted by Gasteiger charge is -2.26. The van der Waals surface area contributed by atoms with E-state index in [-0.39, 0.29) is 0 Å². The Labute approximate surface area is 121 Å². The van der Waals surface area contributed by atoms with Gasteiger partial charge in [-0.1, -0.05) is 26.0 Å². The van der Waals surface area contributed by atoms with E-state index >= 15 is 0 Å². The van der Waals surface area contributed by atoms with Crippen molar-refractivity contribution in [3.8, 4) is 0 Å². The monoisotopic (exact) mass is 272 g/mol. The lowest BCUT2D eigenvalue weighted by molar-refractivity contribution is 0.266. The van der Waals surface area contributed by atoms with E-state index < -0.39 is 0 Å². The predicted octanol–water partition coefficient (Wildman–Crippen LogP) is 3.02. The van der Waals surface area contributed by atoms with Crippen molar-refractivity contribution in [3.05, 3.63) is 30.6 Å². The lowest BCUT2D eigenvalue weighted by atomic mass is 10.0. The van der Waals surface area contributed by atoms with Crippen LogP contribution >= 0.6 is 0 Å². The molecule has 0 spiro atoms. The van der Waals surface area contributed by atoms with Crippen molar-refractivity contribution in [3.63, 3.8) is 0 Å². The second-order valence-electron chi connectivity index (χ2n) is 5.87. The molecule has 1 atom stereocenters. The highest BCUT2D eigenvalue weighted by Gasteiger charge is 2.14. The molecule has 1 aromatic heterocycles. The maximum atomic E-state index is 4.38. The van der Waals surface area contributed by atoms with Crippen molar-refractivity contribution in [2.75, 3.05) is 26.0 Å². The topological polar surface area (TPSA) is 41.1 Å². The molecule has 1 aromatic carbocycles. The third kappa shape index (κ3) is 3.67. The SMILES string of the molecule is CC(C)CC(CNc1ncnc2ccccc12)N(C)C. The Bertz CT molecular complexity index is 546. The van der Waals surface area contributed by atoms with Gasteiger partial charge in [0.15, 0.2) is 0 Å². The fourth-order valence-corrected chi connectivity index (χ4v) is 2.38. The number of hydrogen-bond acceptors (Lipinski definition) is 4. The third-order valence-corrected chi connectivity index (χ3v) is 3.52. The van der Waals surface area contributed by atoms with Crippen molar-refractivity contribution >= 4 is 16.7 Å². The van der Waals surface area contributed by atoms with Crippen LogP contribution in [-0.2, 0) is 0 Å². The molecule has 4 heteroatoms. The Morgan fingerprint density at radius 3 is 2.60 bits per heavy atom. The molecule has 0 amide bonds. The Kier molecular flexibility index (Phi) is 4.90. The van der Waals surface area contributed by atoms with Crippen LogP contribution in [0.2, 0.25) is 0 Å². The van der Waals surface area contributed by atoms with Crippen LogP contribution in [0.5, 0.6) is 0 Å². The van der Waals surface area contributed by atoms with Crippen molar-refractivity contribution < 1.29 is 0 Å². The zero-order chi connectivity index (χ0) is 14.5. The van der Waals surface area contributed by atoms with Crippen molar-refractivity contribution in [2.24, 2.45) is 5.92 Å². The summed E-state index contributed by atoms with van der Waals surface area (Å²) < 4.78 is 0. The molecule has 0 bridgehead atoms. The maximum absolute atomic E-state index is 4.38. The third-order valence-electron chi connectivity index (χ3n) is 3.52. The molecule has 4 nitrogen and oxygen atoms in total. The minimum Gasteiger partial charge on any atom is -0.368 e. The quantitative estimate of drug-likeness (QED) is 0.877. The Hall–Kier alpha value is -1.68. The predicted molar refractivity (Wildman–Crippen MR) is 85.0 cm³/mol. The Balaban J connectivity index is 2.11. The highest BCUT2D eigenvalue weighted by Crippen LogP contribution is 2.19. The van der Waals surface area contributed by atoms with Crippen LogP contribution < -0.4 is 5.32 Å². The van der Waals surface area contributed by atoms with Crippen LogP contribution in [0.15, 0.2) is 30.6 Å². The van der Waals surface area contributed by atoms with Gasteiger partial charge in [-0.15, -0.1) is 0 Å². The highest BCUT2D eigenvalue weighted by atomic mass is 15.1. The molecule has 1 heterocycles. The molecule has 108 valence electrons. The van der Waals surface area contributed by atoms with Gasteiger partial charge in [-0.25, -0.2) is 9.97 Å². The zero-order valence-corrected chi connectivity index (χ0v) is 12.8. The van der Waals surface area contributed by atoms with E-state index in [0.717, 1.165) is 23.3 Å². The maximum Gasteiger partial charge on any atom is 0.137 e. The highest BCUT2D eigenvalue weighted by molar-refractivity contribution is 5.88. The Morgan fingerprint density at radius 2 is 1.90 bits per heavy atom. The van der Waals surface area contributed by atoms with E-state index in [1.54, 1.807) is 6.33 Å². The summed E-state index contributed by atoms with van der Waals surface area (Å²) in [7, 11) is 4.26. The smallest absolute Gasteiger partial charge is 0.137 e. The zero-order valence-electron chi connectivity index (χ0n) is 12.8. The molecule has 0 radical (unpaired) electrons. The minimum absolute atomic E-state index is 0.503. The average molecular weight is 272 g/mol. The first-order valence-electron chi connectivity index (χ1n) is 7.18. The summed E-state index contributed by atoms with van der Waals surface area (Å²) in [6.45, 7) is 5.42. The molecule has 0 aliphatic rings. The van der Waals surface area contributed by atoms with Gasteiger partial charge in [0.25, 0.3) is 0 Å². The molecule has 0 saturated carbocycles. The van der Waals surface area contributed by atoms with Gasteiger partial charge in [-0.05, 0) is 38.6 Å². The fourth-order valence-electron chi connectivity index (χ4n) is 2.38. The average Bonchev–Trinajstić information content (AvgIpc) is 2.42. The van der Waals surface area contributed by atoms with Crippen molar-refractivity contribution in [2.45, 2.75) is 26.3 Å². The first-order valence-corrected chi connectivity index (χ1v) is 7.18. The summed E-state index contributed by atoms with van der Waals surface area (Å²) in [6.07, 6.45) is 2.79. The number of rotatable bonds is 6. The number of nitrogens with zero attached hydrogens (tertiary/aromatic N) is 3. The number of para-hydroxylation sites is 1. The summed E-state index contributed by atoms with van der Waals surface area (Å²) in [6, 6.07) is 8.60. The molecule has 1 unspecified atom stereocenters. The number of likely N-dealkylation sites (N-methyl/N-ethyl adjacent to an activating group) is 1. The van der Waals surface area contributed by atoms with Crippen LogP contribution in [0.25, 0.3) is 10.9 Å². The van der Waals surface area contributed by atoms with E-state index in [4.69, 9.17) is 0 Å². The second-order valence-corrected chi connectivity index (χ2v) is 5.87. The fraction of sp³-hybridized carbons (Fsp3) is 0.500. The van der Waals surface area contributed by atoms with Gasteiger partial charge in [0.1, 0.15) is 12.1 Å². The first kappa shape index (κ1) is 14.7. The minimum atomic E-state index is 0.503. The molecule has 1 N–H and O–H groups in total. The van der Waals surface area contributed by atoms with Gasteiger partial charge in [0.05, 0.1) is 5.52 Å². The van der Waals surface area contributed by atoms with Gasteiger partial charge in [0.2, 0.25) is 0 Å². The summed E-state index contributed by atoms with van der Waals surface area (Å²) in [5, 5.41) is 4.56. The summed E-state index contributed by atoms with van der Waals surface area (Å²) in [4.78, 5) is 10.9. The molecule has 2 aromatic rings. The molecule has 2 rings (SSSR count). The van der Waals surface area contributed by atoms with Crippen LogP contribution in [0, 0.1) is 5.92 Å². The first-order chi connectivity index (χ1) is 9.58. The van der Waals surface area contributed by atoms with Gasteiger partial charge >= 0.3 is 0 Å². The Morgan fingerprint density at radius 1 is 1.15 bits per heavy atom. The number of benzene rings is 1. The number of fused-ring (bicyclic) bond motifs is 1. The van der Waals surface area contributed by atoms with Gasteiger partial charge < -0.3 is 10.2 Å². The van der Waals surface area contributed by atoms with Crippen molar-refractivity contribution in [1.29, 1.82) is 0 Å². The van der Waals surface area contributed by atoms with E-state index in [1.807, 2.05) is 18.2 Å². The molecule has 0 aliphatic heterocycles. The largest absolute Gasteiger partial charge is 0.368 e. The second kappa shape index (κ2) is 6.66. The standard InChI is InChI=1S/C16H24N4/c1-12(2)9-13(20(3)4)10-17-16-14-7-5-6-8-15(14)18-11-19-16/h5-8,11-13H,9-10H2,1-4H3,(H,17,18,19).